The second-order valence-corrected chi connectivity index (χ2v) is 8.47. The van der Waals surface area contributed by atoms with E-state index in [0.29, 0.717) is 34.3 Å². The third kappa shape index (κ3) is 4.42. The summed E-state index contributed by atoms with van der Waals surface area (Å²) in [6.45, 7) is 6.21. The molecule has 2 amide bonds. The van der Waals surface area contributed by atoms with E-state index in [4.69, 9.17) is 27.9 Å². The van der Waals surface area contributed by atoms with Crippen LogP contribution in [-0.2, 0) is 24.8 Å². The summed E-state index contributed by atoms with van der Waals surface area (Å²) in [5.74, 6) is -0.410. The zero-order chi connectivity index (χ0) is 20.6. The molecule has 1 aromatic heterocycles. The summed E-state index contributed by atoms with van der Waals surface area (Å²) in [5, 5.41) is 7.94. The predicted octanol–water partition coefficient (Wildman–Crippen LogP) is 4.27. The molecule has 0 saturated carbocycles. The largest absolute Gasteiger partial charge is 0.444 e. The Morgan fingerprint density at radius 3 is 2.64 bits per heavy atom. The van der Waals surface area contributed by atoms with Gasteiger partial charge in [-0.25, -0.2) is 4.79 Å². The molecule has 2 aromatic rings. The average Bonchev–Trinajstić information content (AvgIpc) is 2.93. The van der Waals surface area contributed by atoms with E-state index < -0.39 is 17.6 Å². The van der Waals surface area contributed by atoms with Crippen molar-refractivity contribution >= 4 is 40.9 Å². The van der Waals surface area contributed by atoms with Crippen LogP contribution in [0.4, 0.5) is 10.5 Å². The molecule has 1 N–H and O–H groups in total. The second-order valence-electron chi connectivity index (χ2n) is 7.63. The maximum atomic E-state index is 12.8. The number of fused-ring (bicyclic) bond motifs is 1. The number of amides is 2. The fraction of sp³-hybridized carbons (Fsp3) is 0.421. The van der Waals surface area contributed by atoms with Gasteiger partial charge in [0.25, 0.3) is 5.91 Å². The highest BCUT2D eigenvalue weighted by atomic mass is 35.5. The molecule has 0 saturated heterocycles. The van der Waals surface area contributed by atoms with Crippen LogP contribution in [0.5, 0.6) is 0 Å². The number of hydrogen-bond acceptors (Lipinski definition) is 4. The molecule has 1 aliphatic heterocycles. The Hall–Kier alpha value is -2.25. The van der Waals surface area contributed by atoms with Crippen LogP contribution in [-0.4, -0.2) is 38.8 Å². The molecule has 2 heterocycles. The van der Waals surface area contributed by atoms with Gasteiger partial charge in [-0.05, 0) is 39.0 Å². The number of hydrogen-bond donors (Lipinski definition) is 1. The molecule has 0 aliphatic carbocycles. The maximum absolute atomic E-state index is 12.8. The van der Waals surface area contributed by atoms with Gasteiger partial charge in [0.05, 0.1) is 17.3 Å². The quantitative estimate of drug-likeness (QED) is 0.780. The molecule has 0 fully saturated rings. The lowest BCUT2D eigenvalue weighted by molar-refractivity contribution is 0.0222. The van der Waals surface area contributed by atoms with E-state index in [1.807, 2.05) is 20.8 Å². The van der Waals surface area contributed by atoms with E-state index in [0.717, 1.165) is 5.69 Å². The van der Waals surface area contributed by atoms with E-state index in [-0.39, 0.29) is 12.2 Å². The van der Waals surface area contributed by atoms with E-state index in [1.165, 1.54) is 0 Å². The monoisotopic (exact) mass is 424 g/mol. The first-order chi connectivity index (χ1) is 13.0. The topological polar surface area (TPSA) is 76.5 Å². The van der Waals surface area contributed by atoms with Gasteiger partial charge in [0.15, 0.2) is 5.69 Å². The third-order valence-electron chi connectivity index (χ3n) is 4.29. The van der Waals surface area contributed by atoms with Crippen LogP contribution in [0.3, 0.4) is 0 Å². The van der Waals surface area contributed by atoms with Crippen molar-refractivity contribution in [1.82, 2.24) is 14.7 Å². The predicted molar refractivity (Wildman–Crippen MR) is 108 cm³/mol. The van der Waals surface area contributed by atoms with E-state index in [1.54, 1.807) is 34.8 Å². The second kappa shape index (κ2) is 7.64. The molecule has 1 aliphatic rings. The van der Waals surface area contributed by atoms with Crippen LogP contribution in [0.15, 0.2) is 18.2 Å². The summed E-state index contributed by atoms with van der Waals surface area (Å²) >= 11 is 12.1. The van der Waals surface area contributed by atoms with Gasteiger partial charge < -0.3 is 15.0 Å². The maximum Gasteiger partial charge on any atom is 0.410 e. The van der Waals surface area contributed by atoms with Gasteiger partial charge in [0.1, 0.15) is 5.60 Å². The Bertz CT molecular complexity index is 934. The van der Waals surface area contributed by atoms with Gasteiger partial charge in [0.2, 0.25) is 0 Å². The number of carbonyl (C=O) groups excluding carboxylic acids is 2. The molecule has 7 nitrogen and oxygen atoms in total. The number of benzene rings is 1. The van der Waals surface area contributed by atoms with Crippen molar-refractivity contribution in [3.63, 3.8) is 0 Å². The third-order valence-corrected chi connectivity index (χ3v) is 4.85. The van der Waals surface area contributed by atoms with Crippen molar-refractivity contribution in [2.24, 2.45) is 7.05 Å². The Morgan fingerprint density at radius 2 is 1.96 bits per heavy atom. The summed E-state index contributed by atoms with van der Waals surface area (Å²) in [6, 6.07) is 4.82. The molecule has 0 bridgehead atoms. The Kier molecular flexibility index (Phi) is 5.59. The molecule has 0 atom stereocenters. The first kappa shape index (κ1) is 20.5. The Morgan fingerprint density at radius 1 is 1.25 bits per heavy atom. The van der Waals surface area contributed by atoms with Crippen LogP contribution < -0.4 is 5.32 Å². The van der Waals surface area contributed by atoms with Crippen molar-refractivity contribution in [2.75, 3.05) is 11.9 Å². The van der Waals surface area contributed by atoms with Crippen molar-refractivity contribution in [3.05, 3.63) is 45.2 Å². The van der Waals surface area contributed by atoms with Gasteiger partial charge in [-0.1, -0.05) is 23.2 Å². The van der Waals surface area contributed by atoms with Gasteiger partial charge >= 0.3 is 6.09 Å². The molecular formula is C19H22Cl2N4O3. The lowest BCUT2D eigenvalue weighted by atomic mass is 10.0. The fourth-order valence-electron chi connectivity index (χ4n) is 3.03. The number of halogens is 2. The lowest BCUT2D eigenvalue weighted by Gasteiger charge is -2.30. The number of nitrogens with zero attached hydrogens (tertiary/aromatic N) is 3. The van der Waals surface area contributed by atoms with Crippen LogP contribution in [0.25, 0.3) is 0 Å². The van der Waals surface area contributed by atoms with Crippen LogP contribution >= 0.6 is 23.2 Å². The van der Waals surface area contributed by atoms with Crippen LogP contribution in [0, 0.1) is 0 Å². The van der Waals surface area contributed by atoms with Crippen molar-refractivity contribution in [3.8, 4) is 0 Å². The van der Waals surface area contributed by atoms with Crippen molar-refractivity contribution < 1.29 is 14.3 Å². The number of anilines is 1. The lowest BCUT2D eigenvalue weighted by Crippen LogP contribution is -2.40. The number of aromatic nitrogens is 2. The SMILES string of the molecule is Cn1nc(C(=O)Nc2cc(Cl)ccc2Cl)c2c1CCN(C(=O)OC(C)(C)C)C2. The van der Waals surface area contributed by atoms with Gasteiger partial charge in [-0.15, -0.1) is 0 Å². The molecule has 28 heavy (non-hydrogen) atoms. The summed E-state index contributed by atoms with van der Waals surface area (Å²) < 4.78 is 7.13. The van der Waals surface area contributed by atoms with Crippen LogP contribution in [0.1, 0.15) is 42.5 Å². The van der Waals surface area contributed by atoms with Crippen molar-refractivity contribution in [1.29, 1.82) is 0 Å². The highest BCUT2D eigenvalue weighted by Crippen LogP contribution is 2.28. The number of aryl methyl sites for hydroxylation is 1. The highest BCUT2D eigenvalue weighted by Gasteiger charge is 2.31. The molecule has 0 spiro atoms. The number of ether oxygens (including phenoxy) is 1. The first-order valence-corrected chi connectivity index (χ1v) is 9.60. The normalized spacial score (nSPS) is 13.9. The van der Waals surface area contributed by atoms with E-state index in [2.05, 4.69) is 10.4 Å². The van der Waals surface area contributed by atoms with Gasteiger partial charge in [0, 0.05) is 36.3 Å². The fourth-order valence-corrected chi connectivity index (χ4v) is 3.37. The molecule has 1 aromatic carbocycles. The minimum Gasteiger partial charge on any atom is -0.444 e. The standard InChI is InChI=1S/C19H22Cl2N4O3/c1-19(2,3)28-18(27)25-8-7-15-12(10-25)16(23-24(15)4)17(26)22-14-9-11(20)5-6-13(14)21/h5-6,9H,7-8,10H2,1-4H3,(H,22,26). The van der Waals surface area contributed by atoms with Gasteiger partial charge in [-0.2, -0.15) is 5.10 Å². The zero-order valence-electron chi connectivity index (χ0n) is 16.2. The van der Waals surface area contributed by atoms with Crippen molar-refractivity contribution in [2.45, 2.75) is 39.3 Å². The number of carbonyl (C=O) groups is 2. The first-order valence-electron chi connectivity index (χ1n) is 8.84. The summed E-state index contributed by atoms with van der Waals surface area (Å²) in [7, 11) is 1.78. The minimum absolute atomic E-state index is 0.252. The van der Waals surface area contributed by atoms with Gasteiger partial charge in [-0.3, -0.25) is 9.48 Å². The molecular weight excluding hydrogens is 403 g/mol. The smallest absolute Gasteiger partial charge is 0.410 e. The summed E-state index contributed by atoms with van der Waals surface area (Å²) in [5.41, 5.74) is 1.69. The molecule has 9 heteroatoms. The molecule has 0 radical (unpaired) electrons. The number of nitrogens with one attached hydrogen (secondary N) is 1. The molecule has 150 valence electrons. The Balaban J connectivity index is 1.84. The summed E-state index contributed by atoms with van der Waals surface area (Å²) in [4.78, 5) is 26.9. The van der Waals surface area contributed by atoms with Crippen LogP contribution in [0.2, 0.25) is 10.0 Å². The molecule has 3 rings (SSSR count). The highest BCUT2D eigenvalue weighted by molar-refractivity contribution is 6.35. The Labute approximate surface area is 173 Å². The molecule has 0 unspecified atom stereocenters. The zero-order valence-corrected chi connectivity index (χ0v) is 17.7. The van der Waals surface area contributed by atoms with E-state index in [9.17, 15) is 9.59 Å². The average molecular weight is 425 g/mol. The van der Waals surface area contributed by atoms with E-state index >= 15 is 0 Å². The minimum atomic E-state index is -0.587. The number of rotatable bonds is 2. The summed E-state index contributed by atoms with van der Waals surface area (Å²) in [6.07, 6.45) is 0.176.